The summed E-state index contributed by atoms with van der Waals surface area (Å²) in [4.78, 5) is 4.35. The molecule has 2 rings (SSSR count). The van der Waals surface area contributed by atoms with E-state index in [9.17, 15) is 0 Å². The summed E-state index contributed by atoms with van der Waals surface area (Å²) in [7, 11) is 1.66. The molecule has 0 aliphatic rings. The second-order valence-electron chi connectivity index (χ2n) is 4.31. The van der Waals surface area contributed by atoms with Gasteiger partial charge in [-0.05, 0) is 30.7 Å². The molecule has 0 saturated heterocycles. The van der Waals surface area contributed by atoms with E-state index in [-0.39, 0.29) is 0 Å². The number of ether oxygens (including phenoxy) is 2. The Morgan fingerprint density at radius 2 is 1.89 bits per heavy atom. The summed E-state index contributed by atoms with van der Waals surface area (Å²) in [5.74, 6) is 2.82. The van der Waals surface area contributed by atoms with Crippen molar-refractivity contribution in [2.75, 3.05) is 13.7 Å². The lowest BCUT2D eigenvalue weighted by molar-refractivity contribution is 0.295. The Labute approximate surface area is 114 Å². The van der Waals surface area contributed by atoms with Crippen molar-refractivity contribution >= 4 is 0 Å². The van der Waals surface area contributed by atoms with E-state index < -0.39 is 0 Å². The van der Waals surface area contributed by atoms with Gasteiger partial charge in [0.1, 0.15) is 23.9 Å². The summed E-state index contributed by atoms with van der Waals surface area (Å²) < 4.78 is 13.0. The van der Waals surface area contributed by atoms with Crippen molar-refractivity contribution in [1.29, 1.82) is 0 Å². The minimum atomic E-state index is 0.638. The molecule has 4 nitrogen and oxygen atoms in total. The SMILES string of the molecule is CCCc1nccn1CCOc1ccc(OC)cc1. The van der Waals surface area contributed by atoms with Gasteiger partial charge in [0.2, 0.25) is 0 Å². The summed E-state index contributed by atoms with van der Waals surface area (Å²) >= 11 is 0. The van der Waals surface area contributed by atoms with Gasteiger partial charge in [-0.15, -0.1) is 0 Å². The van der Waals surface area contributed by atoms with Crippen LogP contribution in [0.4, 0.5) is 0 Å². The van der Waals surface area contributed by atoms with E-state index >= 15 is 0 Å². The van der Waals surface area contributed by atoms with Crippen LogP contribution in [0.3, 0.4) is 0 Å². The second-order valence-corrected chi connectivity index (χ2v) is 4.31. The smallest absolute Gasteiger partial charge is 0.119 e. The molecular weight excluding hydrogens is 240 g/mol. The van der Waals surface area contributed by atoms with Gasteiger partial charge in [-0.3, -0.25) is 0 Å². The molecule has 1 heterocycles. The van der Waals surface area contributed by atoms with Crippen LogP contribution in [0.5, 0.6) is 11.5 Å². The number of rotatable bonds is 7. The van der Waals surface area contributed by atoms with Crippen LogP contribution in [-0.4, -0.2) is 23.3 Å². The summed E-state index contributed by atoms with van der Waals surface area (Å²) in [5.41, 5.74) is 0. The second kappa shape index (κ2) is 6.83. The highest BCUT2D eigenvalue weighted by Gasteiger charge is 2.01. The van der Waals surface area contributed by atoms with E-state index in [4.69, 9.17) is 9.47 Å². The van der Waals surface area contributed by atoms with Gasteiger partial charge in [-0.25, -0.2) is 4.98 Å². The molecule has 0 N–H and O–H groups in total. The van der Waals surface area contributed by atoms with E-state index in [0.29, 0.717) is 6.61 Å². The first-order valence-electron chi connectivity index (χ1n) is 6.60. The number of nitrogens with zero attached hydrogens (tertiary/aromatic N) is 2. The van der Waals surface area contributed by atoms with Crippen LogP contribution in [0.15, 0.2) is 36.7 Å². The van der Waals surface area contributed by atoms with E-state index in [2.05, 4.69) is 16.5 Å². The van der Waals surface area contributed by atoms with Crippen LogP contribution < -0.4 is 9.47 Å². The molecule has 1 aromatic carbocycles. The Morgan fingerprint density at radius 3 is 2.58 bits per heavy atom. The first-order valence-corrected chi connectivity index (χ1v) is 6.60. The van der Waals surface area contributed by atoms with Gasteiger partial charge < -0.3 is 14.0 Å². The Bertz CT molecular complexity index is 491. The van der Waals surface area contributed by atoms with Crippen molar-refractivity contribution in [3.05, 3.63) is 42.5 Å². The Kier molecular flexibility index (Phi) is 4.84. The summed E-state index contributed by atoms with van der Waals surface area (Å²) in [6.07, 6.45) is 5.96. The summed E-state index contributed by atoms with van der Waals surface area (Å²) in [5, 5.41) is 0. The average molecular weight is 260 g/mol. The standard InChI is InChI=1S/C15H20N2O2/c1-3-4-15-16-9-10-17(15)11-12-19-14-7-5-13(18-2)6-8-14/h5-10H,3-4,11-12H2,1-2H3. The normalized spacial score (nSPS) is 10.4. The summed E-state index contributed by atoms with van der Waals surface area (Å²) in [6.45, 7) is 3.62. The maximum atomic E-state index is 5.71. The van der Waals surface area contributed by atoms with Crippen molar-refractivity contribution in [2.45, 2.75) is 26.3 Å². The van der Waals surface area contributed by atoms with Crippen molar-refractivity contribution in [2.24, 2.45) is 0 Å². The molecule has 19 heavy (non-hydrogen) atoms. The van der Waals surface area contributed by atoms with E-state index in [1.54, 1.807) is 7.11 Å². The van der Waals surface area contributed by atoms with Gasteiger partial charge in [-0.2, -0.15) is 0 Å². The number of methoxy groups -OCH3 is 1. The lowest BCUT2D eigenvalue weighted by Gasteiger charge is -2.09. The van der Waals surface area contributed by atoms with Crippen molar-refractivity contribution in [3.63, 3.8) is 0 Å². The topological polar surface area (TPSA) is 36.3 Å². The zero-order valence-corrected chi connectivity index (χ0v) is 11.5. The lowest BCUT2D eigenvalue weighted by atomic mass is 10.3. The number of aromatic nitrogens is 2. The highest BCUT2D eigenvalue weighted by Crippen LogP contribution is 2.17. The van der Waals surface area contributed by atoms with Crippen LogP contribution in [0.2, 0.25) is 0 Å². The number of aryl methyl sites for hydroxylation is 1. The molecule has 102 valence electrons. The van der Waals surface area contributed by atoms with Crippen molar-refractivity contribution < 1.29 is 9.47 Å². The molecular formula is C15H20N2O2. The monoisotopic (exact) mass is 260 g/mol. The predicted octanol–water partition coefficient (Wildman–Crippen LogP) is 2.92. The quantitative estimate of drug-likeness (QED) is 0.768. The molecule has 0 aliphatic heterocycles. The Hall–Kier alpha value is -1.97. The lowest BCUT2D eigenvalue weighted by Crippen LogP contribution is -2.10. The first-order chi connectivity index (χ1) is 9.33. The maximum absolute atomic E-state index is 5.71. The molecule has 1 aromatic heterocycles. The third kappa shape index (κ3) is 3.74. The van der Waals surface area contributed by atoms with Crippen molar-refractivity contribution in [3.8, 4) is 11.5 Å². The van der Waals surface area contributed by atoms with Gasteiger partial charge in [0.05, 0.1) is 13.7 Å². The van der Waals surface area contributed by atoms with E-state index in [0.717, 1.165) is 36.7 Å². The molecule has 4 heteroatoms. The zero-order chi connectivity index (χ0) is 13.5. The van der Waals surface area contributed by atoms with Crippen LogP contribution >= 0.6 is 0 Å². The van der Waals surface area contributed by atoms with Crippen LogP contribution in [-0.2, 0) is 13.0 Å². The highest BCUT2D eigenvalue weighted by molar-refractivity contribution is 5.31. The Balaban J connectivity index is 1.83. The van der Waals surface area contributed by atoms with Crippen LogP contribution in [0, 0.1) is 0 Å². The molecule has 0 spiro atoms. The minimum absolute atomic E-state index is 0.638. The first kappa shape index (κ1) is 13.5. The minimum Gasteiger partial charge on any atom is -0.497 e. The van der Waals surface area contributed by atoms with Gasteiger partial charge in [0.15, 0.2) is 0 Å². The molecule has 0 amide bonds. The summed E-state index contributed by atoms with van der Waals surface area (Å²) in [6, 6.07) is 7.63. The molecule has 0 aliphatic carbocycles. The fourth-order valence-electron chi connectivity index (χ4n) is 1.93. The number of hydrogen-bond donors (Lipinski definition) is 0. The molecule has 0 bridgehead atoms. The molecule has 0 saturated carbocycles. The largest absolute Gasteiger partial charge is 0.497 e. The molecule has 0 atom stereocenters. The number of benzene rings is 1. The highest BCUT2D eigenvalue weighted by atomic mass is 16.5. The van der Waals surface area contributed by atoms with E-state index in [1.807, 2.05) is 36.7 Å². The van der Waals surface area contributed by atoms with Crippen molar-refractivity contribution in [1.82, 2.24) is 9.55 Å². The fourth-order valence-corrected chi connectivity index (χ4v) is 1.93. The molecule has 0 fully saturated rings. The van der Waals surface area contributed by atoms with Gasteiger partial charge >= 0.3 is 0 Å². The number of imidazole rings is 1. The van der Waals surface area contributed by atoms with E-state index in [1.165, 1.54) is 0 Å². The fraction of sp³-hybridized carbons (Fsp3) is 0.400. The predicted molar refractivity (Wildman–Crippen MR) is 74.7 cm³/mol. The zero-order valence-electron chi connectivity index (χ0n) is 11.5. The average Bonchev–Trinajstić information content (AvgIpc) is 2.88. The molecule has 0 radical (unpaired) electrons. The third-order valence-electron chi connectivity index (χ3n) is 2.94. The van der Waals surface area contributed by atoms with Gasteiger partial charge in [0.25, 0.3) is 0 Å². The molecule has 2 aromatic rings. The van der Waals surface area contributed by atoms with Gasteiger partial charge in [0, 0.05) is 18.8 Å². The van der Waals surface area contributed by atoms with Gasteiger partial charge in [-0.1, -0.05) is 6.92 Å². The van der Waals surface area contributed by atoms with Crippen LogP contribution in [0.25, 0.3) is 0 Å². The third-order valence-corrected chi connectivity index (χ3v) is 2.94. The number of hydrogen-bond acceptors (Lipinski definition) is 3. The maximum Gasteiger partial charge on any atom is 0.119 e. The van der Waals surface area contributed by atoms with Crippen LogP contribution in [0.1, 0.15) is 19.2 Å². The molecule has 0 unspecified atom stereocenters. The Morgan fingerprint density at radius 1 is 1.16 bits per heavy atom.